The monoisotopic (exact) mass is 216 g/mol. The fourth-order valence-corrected chi connectivity index (χ4v) is 1.53. The number of carbonyl (C=O) groups excluding carboxylic acids is 1. The summed E-state index contributed by atoms with van der Waals surface area (Å²) in [5, 5.41) is 15.3. The van der Waals surface area contributed by atoms with Crippen LogP contribution in [0.4, 0.5) is 0 Å². The van der Waals surface area contributed by atoms with E-state index in [1.54, 1.807) is 0 Å². The van der Waals surface area contributed by atoms with Crippen molar-refractivity contribution in [2.24, 2.45) is 5.92 Å². The maximum atomic E-state index is 11.2. The summed E-state index contributed by atoms with van der Waals surface area (Å²) in [5.74, 6) is 0.0164. The zero-order chi connectivity index (χ0) is 11.1. The maximum Gasteiger partial charge on any atom is 0.246 e. The Morgan fingerprint density at radius 3 is 3.00 bits per heavy atom. The summed E-state index contributed by atoms with van der Waals surface area (Å²) >= 11 is 0. The second-order valence-corrected chi connectivity index (χ2v) is 3.84. The van der Waals surface area contributed by atoms with Crippen LogP contribution in [0.3, 0.4) is 0 Å². The van der Waals surface area contributed by atoms with Gasteiger partial charge in [0.1, 0.15) is 6.61 Å². The summed E-state index contributed by atoms with van der Waals surface area (Å²) < 4.78 is 5.10. The van der Waals surface area contributed by atoms with Gasteiger partial charge >= 0.3 is 0 Å². The number of β-amino-alcohol motifs (C(OH)–C–C–N with tert-alkyl or cyclic N) is 1. The van der Waals surface area contributed by atoms with Crippen molar-refractivity contribution in [2.75, 3.05) is 32.8 Å². The van der Waals surface area contributed by atoms with Crippen molar-refractivity contribution in [1.82, 2.24) is 10.6 Å². The van der Waals surface area contributed by atoms with Crippen LogP contribution in [-0.4, -0.2) is 50.0 Å². The van der Waals surface area contributed by atoms with Gasteiger partial charge in [-0.1, -0.05) is 6.92 Å². The molecule has 1 aliphatic rings. The first-order valence-electron chi connectivity index (χ1n) is 5.47. The molecule has 5 heteroatoms. The van der Waals surface area contributed by atoms with E-state index in [0.29, 0.717) is 19.7 Å². The number of carbonyl (C=O) groups is 1. The molecule has 1 heterocycles. The Morgan fingerprint density at radius 1 is 1.60 bits per heavy atom. The molecule has 0 aliphatic carbocycles. The fourth-order valence-electron chi connectivity index (χ4n) is 1.53. The van der Waals surface area contributed by atoms with Crippen molar-refractivity contribution in [3.05, 3.63) is 0 Å². The van der Waals surface area contributed by atoms with Crippen molar-refractivity contribution >= 4 is 5.91 Å². The standard InChI is InChI=1S/C10H20N2O3/c1-2-3-15-7-10(14)12-5-8-4-11-6-9(8)13/h8-9,11,13H,2-7H2,1H3,(H,12,14). The first-order chi connectivity index (χ1) is 7.24. The van der Waals surface area contributed by atoms with E-state index in [4.69, 9.17) is 4.74 Å². The summed E-state index contributed by atoms with van der Waals surface area (Å²) in [6, 6.07) is 0. The highest BCUT2D eigenvalue weighted by molar-refractivity contribution is 5.77. The van der Waals surface area contributed by atoms with Crippen molar-refractivity contribution in [2.45, 2.75) is 19.4 Å². The fraction of sp³-hybridized carbons (Fsp3) is 0.900. The number of ether oxygens (including phenoxy) is 1. The molecule has 0 radical (unpaired) electrons. The summed E-state index contributed by atoms with van der Waals surface area (Å²) in [5.41, 5.74) is 0. The number of rotatable bonds is 6. The molecule has 0 aromatic rings. The zero-order valence-electron chi connectivity index (χ0n) is 9.16. The molecule has 88 valence electrons. The van der Waals surface area contributed by atoms with Gasteiger partial charge < -0.3 is 20.5 Å². The molecule has 0 aromatic heterocycles. The van der Waals surface area contributed by atoms with Crippen molar-refractivity contribution in [3.8, 4) is 0 Å². The van der Waals surface area contributed by atoms with E-state index < -0.39 is 0 Å². The number of aliphatic hydroxyl groups is 1. The van der Waals surface area contributed by atoms with E-state index in [0.717, 1.165) is 13.0 Å². The number of hydrogen-bond donors (Lipinski definition) is 3. The molecule has 1 saturated heterocycles. The lowest BCUT2D eigenvalue weighted by Gasteiger charge is -2.13. The number of amides is 1. The van der Waals surface area contributed by atoms with Crippen LogP contribution in [0.1, 0.15) is 13.3 Å². The smallest absolute Gasteiger partial charge is 0.246 e. The van der Waals surface area contributed by atoms with E-state index in [-0.39, 0.29) is 24.5 Å². The van der Waals surface area contributed by atoms with E-state index in [1.165, 1.54) is 0 Å². The molecule has 15 heavy (non-hydrogen) atoms. The Balaban J connectivity index is 2.05. The predicted octanol–water partition coefficient (Wildman–Crippen LogP) is -0.890. The Labute approximate surface area is 90.2 Å². The van der Waals surface area contributed by atoms with Crippen LogP contribution < -0.4 is 10.6 Å². The predicted molar refractivity (Wildman–Crippen MR) is 56.5 cm³/mol. The lowest BCUT2D eigenvalue weighted by molar-refractivity contribution is -0.125. The van der Waals surface area contributed by atoms with E-state index in [1.807, 2.05) is 6.92 Å². The zero-order valence-corrected chi connectivity index (χ0v) is 9.16. The Kier molecular flexibility index (Phi) is 5.60. The third kappa shape index (κ3) is 4.59. The maximum absolute atomic E-state index is 11.2. The van der Waals surface area contributed by atoms with Crippen LogP contribution in [0.25, 0.3) is 0 Å². The van der Waals surface area contributed by atoms with Crippen LogP contribution in [0.15, 0.2) is 0 Å². The van der Waals surface area contributed by atoms with Gasteiger partial charge in [-0.15, -0.1) is 0 Å². The third-order valence-electron chi connectivity index (χ3n) is 2.45. The van der Waals surface area contributed by atoms with Gasteiger partial charge in [-0.25, -0.2) is 0 Å². The largest absolute Gasteiger partial charge is 0.391 e. The Morgan fingerprint density at radius 2 is 2.40 bits per heavy atom. The average Bonchev–Trinajstić information content (AvgIpc) is 2.61. The van der Waals surface area contributed by atoms with Crippen LogP contribution in [0.2, 0.25) is 0 Å². The molecule has 0 saturated carbocycles. The quantitative estimate of drug-likeness (QED) is 0.504. The minimum Gasteiger partial charge on any atom is -0.391 e. The molecule has 0 aromatic carbocycles. The minimum atomic E-state index is -0.345. The molecule has 2 atom stereocenters. The summed E-state index contributed by atoms with van der Waals surface area (Å²) in [6.07, 6.45) is 0.570. The summed E-state index contributed by atoms with van der Waals surface area (Å²) in [6.45, 7) is 4.62. The lowest BCUT2D eigenvalue weighted by Crippen LogP contribution is -2.36. The van der Waals surface area contributed by atoms with Gasteiger partial charge in [-0.2, -0.15) is 0 Å². The highest BCUT2D eigenvalue weighted by Gasteiger charge is 2.24. The van der Waals surface area contributed by atoms with Crippen molar-refractivity contribution in [3.63, 3.8) is 0 Å². The van der Waals surface area contributed by atoms with E-state index >= 15 is 0 Å². The van der Waals surface area contributed by atoms with Crippen LogP contribution in [0, 0.1) is 5.92 Å². The third-order valence-corrected chi connectivity index (χ3v) is 2.45. The normalized spacial score (nSPS) is 25.5. The average molecular weight is 216 g/mol. The number of nitrogens with one attached hydrogen (secondary N) is 2. The molecule has 1 aliphatic heterocycles. The molecule has 1 rings (SSSR count). The molecule has 0 bridgehead atoms. The van der Waals surface area contributed by atoms with Gasteiger partial charge in [0.2, 0.25) is 5.91 Å². The van der Waals surface area contributed by atoms with Crippen molar-refractivity contribution in [1.29, 1.82) is 0 Å². The molecule has 1 amide bonds. The first kappa shape index (κ1) is 12.4. The summed E-state index contributed by atoms with van der Waals surface area (Å²) in [7, 11) is 0. The van der Waals surface area contributed by atoms with Crippen LogP contribution in [-0.2, 0) is 9.53 Å². The topological polar surface area (TPSA) is 70.6 Å². The molecule has 0 spiro atoms. The molecular formula is C10H20N2O3. The molecule has 5 nitrogen and oxygen atoms in total. The Hall–Kier alpha value is -0.650. The van der Waals surface area contributed by atoms with Gasteiger partial charge in [-0.05, 0) is 6.42 Å². The van der Waals surface area contributed by atoms with Gasteiger partial charge in [-0.3, -0.25) is 4.79 Å². The van der Waals surface area contributed by atoms with Gasteiger partial charge in [0, 0.05) is 32.2 Å². The second-order valence-electron chi connectivity index (χ2n) is 3.84. The van der Waals surface area contributed by atoms with Crippen molar-refractivity contribution < 1.29 is 14.6 Å². The molecule has 2 unspecified atom stereocenters. The summed E-state index contributed by atoms with van der Waals surface area (Å²) in [4.78, 5) is 11.2. The number of hydrogen-bond acceptors (Lipinski definition) is 4. The molecular weight excluding hydrogens is 196 g/mol. The SMILES string of the molecule is CCCOCC(=O)NCC1CNCC1O. The van der Waals surface area contributed by atoms with Gasteiger partial charge in [0.25, 0.3) is 0 Å². The van der Waals surface area contributed by atoms with Crippen LogP contribution >= 0.6 is 0 Å². The highest BCUT2D eigenvalue weighted by atomic mass is 16.5. The van der Waals surface area contributed by atoms with Gasteiger partial charge in [0.05, 0.1) is 6.10 Å². The van der Waals surface area contributed by atoms with Crippen LogP contribution in [0.5, 0.6) is 0 Å². The highest BCUT2D eigenvalue weighted by Crippen LogP contribution is 2.06. The second kappa shape index (κ2) is 6.76. The minimum absolute atomic E-state index is 0.109. The van der Waals surface area contributed by atoms with E-state index in [2.05, 4.69) is 10.6 Å². The van der Waals surface area contributed by atoms with E-state index in [9.17, 15) is 9.90 Å². The first-order valence-corrected chi connectivity index (χ1v) is 5.47. The molecule has 1 fully saturated rings. The lowest BCUT2D eigenvalue weighted by atomic mass is 10.1. The van der Waals surface area contributed by atoms with Gasteiger partial charge in [0.15, 0.2) is 0 Å². The Bertz CT molecular complexity index is 199. The number of aliphatic hydroxyl groups excluding tert-OH is 1. The molecule has 3 N–H and O–H groups in total.